The van der Waals surface area contributed by atoms with Gasteiger partial charge < -0.3 is 5.32 Å². The fraction of sp³-hybridized carbons (Fsp3) is 0.0952. The van der Waals surface area contributed by atoms with Crippen molar-refractivity contribution in [3.8, 4) is 0 Å². The zero-order valence-electron chi connectivity index (χ0n) is 15.6. The average Bonchev–Trinajstić information content (AvgIpc) is 3.33. The van der Waals surface area contributed by atoms with Crippen molar-refractivity contribution in [1.29, 1.82) is 0 Å². The van der Waals surface area contributed by atoms with Crippen LogP contribution in [0.4, 0.5) is 10.2 Å². The molecule has 0 spiro atoms. The SMILES string of the molecule is O=C(Nc1ccn(Cc2c(F)cccc2Cl)n1)c1cccc(Cn2cc(Br)cn2)c1. The number of benzene rings is 2. The van der Waals surface area contributed by atoms with Crippen LogP contribution in [-0.2, 0) is 13.1 Å². The fourth-order valence-corrected chi connectivity index (χ4v) is 3.52. The van der Waals surface area contributed by atoms with Crippen molar-refractivity contribution in [2.75, 3.05) is 5.32 Å². The van der Waals surface area contributed by atoms with Gasteiger partial charge in [0.15, 0.2) is 5.82 Å². The lowest BCUT2D eigenvalue weighted by Crippen LogP contribution is -2.13. The Morgan fingerprint density at radius 3 is 2.73 bits per heavy atom. The van der Waals surface area contributed by atoms with Gasteiger partial charge in [-0.25, -0.2) is 4.39 Å². The van der Waals surface area contributed by atoms with E-state index in [1.54, 1.807) is 47.4 Å². The Balaban J connectivity index is 1.44. The molecule has 0 bridgehead atoms. The first kappa shape index (κ1) is 20.3. The average molecular weight is 489 g/mol. The Morgan fingerprint density at radius 2 is 1.97 bits per heavy atom. The number of hydrogen-bond acceptors (Lipinski definition) is 3. The third kappa shape index (κ3) is 4.77. The molecule has 2 aromatic carbocycles. The van der Waals surface area contributed by atoms with Gasteiger partial charge in [-0.1, -0.05) is 29.8 Å². The molecule has 4 rings (SSSR count). The molecule has 0 aliphatic rings. The van der Waals surface area contributed by atoms with Crippen LogP contribution < -0.4 is 5.32 Å². The molecule has 0 aliphatic carbocycles. The maximum atomic E-state index is 14.0. The highest BCUT2D eigenvalue weighted by atomic mass is 79.9. The number of carbonyl (C=O) groups is 1. The Hall–Kier alpha value is -2.97. The normalized spacial score (nSPS) is 10.9. The number of hydrogen-bond donors (Lipinski definition) is 1. The summed E-state index contributed by atoms with van der Waals surface area (Å²) in [5.41, 5.74) is 1.79. The molecule has 0 atom stereocenters. The lowest BCUT2D eigenvalue weighted by atomic mass is 10.1. The van der Waals surface area contributed by atoms with E-state index < -0.39 is 5.82 Å². The molecular formula is C21H16BrClFN5O. The number of halogens is 3. The first-order chi connectivity index (χ1) is 14.5. The molecule has 2 aromatic heterocycles. The van der Waals surface area contributed by atoms with Crippen LogP contribution in [-0.4, -0.2) is 25.5 Å². The molecule has 1 amide bonds. The number of anilines is 1. The molecule has 0 saturated carbocycles. The quantitative estimate of drug-likeness (QED) is 0.416. The molecule has 4 aromatic rings. The molecule has 2 heterocycles. The Bertz CT molecular complexity index is 1190. The van der Waals surface area contributed by atoms with Gasteiger partial charge in [0.25, 0.3) is 5.91 Å². The molecule has 0 saturated heterocycles. The van der Waals surface area contributed by atoms with E-state index in [2.05, 4.69) is 31.4 Å². The third-order valence-corrected chi connectivity index (χ3v) is 5.16. The summed E-state index contributed by atoms with van der Waals surface area (Å²) in [7, 11) is 0. The van der Waals surface area contributed by atoms with Gasteiger partial charge in [0.05, 0.1) is 23.8 Å². The van der Waals surface area contributed by atoms with Gasteiger partial charge in [0.2, 0.25) is 0 Å². The number of amides is 1. The molecule has 0 fully saturated rings. The van der Waals surface area contributed by atoms with E-state index >= 15 is 0 Å². The van der Waals surface area contributed by atoms with Crippen molar-refractivity contribution in [2.24, 2.45) is 0 Å². The van der Waals surface area contributed by atoms with E-state index in [1.807, 2.05) is 18.3 Å². The number of nitrogens with one attached hydrogen (secondary N) is 1. The van der Waals surface area contributed by atoms with Crippen LogP contribution in [0.5, 0.6) is 0 Å². The maximum Gasteiger partial charge on any atom is 0.256 e. The Kier molecular flexibility index (Phi) is 5.96. The minimum absolute atomic E-state index is 0.163. The van der Waals surface area contributed by atoms with E-state index in [0.29, 0.717) is 28.5 Å². The van der Waals surface area contributed by atoms with Crippen LogP contribution in [0.1, 0.15) is 21.5 Å². The minimum Gasteiger partial charge on any atom is -0.305 e. The van der Waals surface area contributed by atoms with Crippen molar-refractivity contribution in [1.82, 2.24) is 19.6 Å². The number of nitrogens with zero attached hydrogens (tertiary/aromatic N) is 4. The second-order valence-corrected chi connectivity index (χ2v) is 7.93. The summed E-state index contributed by atoms with van der Waals surface area (Å²) in [5.74, 6) is -0.314. The third-order valence-electron chi connectivity index (χ3n) is 4.40. The standard InChI is InChI=1S/C21H16BrClFN5O/c22-16-10-25-29(12-16)11-14-3-1-4-15(9-14)21(30)26-20-7-8-28(27-20)13-17-18(23)5-2-6-19(17)24/h1-10,12H,11,13H2,(H,26,27,30). The van der Waals surface area contributed by atoms with Crippen LogP contribution in [0.25, 0.3) is 0 Å². The molecule has 9 heteroatoms. The van der Waals surface area contributed by atoms with E-state index in [0.717, 1.165) is 10.0 Å². The van der Waals surface area contributed by atoms with Gasteiger partial charge in [-0.3, -0.25) is 14.2 Å². The molecule has 0 unspecified atom stereocenters. The predicted molar refractivity (Wildman–Crippen MR) is 116 cm³/mol. The van der Waals surface area contributed by atoms with Crippen molar-refractivity contribution in [3.63, 3.8) is 0 Å². The molecule has 0 aliphatic heterocycles. The van der Waals surface area contributed by atoms with Gasteiger partial charge in [0.1, 0.15) is 5.82 Å². The van der Waals surface area contributed by atoms with Gasteiger partial charge >= 0.3 is 0 Å². The lowest BCUT2D eigenvalue weighted by Gasteiger charge is -2.07. The van der Waals surface area contributed by atoms with Gasteiger partial charge in [-0.15, -0.1) is 0 Å². The zero-order valence-corrected chi connectivity index (χ0v) is 17.9. The van der Waals surface area contributed by atoms with Gasteiger partial charge in [-0.05, 0) is 45.8 Å². The van der Waals surface area contributed by atoms with Crippen LogP contribution in [0.2, 0.25) is 5.02 Å². The summed E-state index contributed by atoms with van der Waals surface area (Å²) in [6, 6.07) is 13.5. The molecule has 1 N–H and O–H groups in total. The largest absolute Gasteiger partial charge is 0.305 e. The summed E-state index contributed by atoms with van der Waals surface area (Å²) >= 11 is 9.43. The highest BCUT2D eigenvalue weighted by Gasteiger charge is 2.11. The van der Waals surface area contributed by atoms with Crippen molar-refractivity contribution in [2.45, 2.75) is 13.1 Å². The van der Waals surface area contributed by atoms with Crippen molar-refractivity contribution < 1.29 is 9.18 Å². The van der Waals surface area contributed by atoms with Gasteiger partial charge in [-0.2, -0.15) is 10.2 Å². The highest BCUT2D eigenvalue weighted by Crippen LogP contribution is 2.20. The monoisotopic (exact) mass is 487 g/mol. The molecular weight excluding hydrogens is 473 g/mol. The smallest absolute Gasteiger partial charge is 0.256 e. The second-order valence-electron chi connectivity index (χ2n) is 6.61. The second kappa shape index (κ2) is 8.81. The molecule has 152 valence electrons. The minimum atomic E-state index is -0.399. The van der Waals surface area contributed by atoms with Gasteiger partial charge in [0, 0.05) is 34.6 Å². The van der Waals surface area contributed by atoms with E-state index in [9.17, 15) is 9.18 Å². The molecule has 6 nitrogen and oxygen atoms in total. The van der Waals surface area contributed by atoms with Crippen LogP contribution in [0, 0.1) is 5.82 Å². The molecule has 30 heavy (non-hydrogen) atoms. The van der Waals surface area contributed by atoms with Crippen LogP contribution in [0.3, 0.4) is 0 Å². The summed E-state index contributed by atoms with van der Waals surface area (Å²) in [6.07, 6.45) is 5.23. The predicted octanol–water partition coefficient (Wildman–Crippen LogP) is 4.98. The van der Waals surface area contributed by atoms with Crippen molar-refractivity contribution >= 4 is 39.3 Å². The molecule has 0 radical (unpaired) electrons. The number of rotatable bonds is 6. The van der Waals surface area contributed by atoms with E-state index in [4.69, 9.17) is 11.6 Å². The fourth-order valence-electron chi connectivity index (χ4n) is 2.97. The lowest BCUT2D eigenvalue weighted by molar-refractivity contribution is 0.102. The van der Waals surface area contributed by atoms with Crippen LogP contribution >= 0.6 is 27.5 Å². The summed E-state index contributed by atoms with van der Waals surface area (Å²) in [4.78, 5) is 12.6. The number of carbonyl (C=O) groups excluding carboxylic acids is 1. The maximum absolute atomic E-state index is 14.0. The van der Waals surface area contributed by atoms with Crippen LogP contribution in [0.15, 0.2) is 71.6 Å². The first-order valence-corrected chi connectivity index (χ1v) is 10.2. The van der Waals surface area contributed by atoms with E-state index in [1.165, 1.54) is 10.7 Å². The Morgan fingerprint density at radius 1 is 1.13 bits per heavy atom. The van der Waals surface area contributed by atoms with Crippen molar-refractivity contribution in [3.05, 3.63) is 99.1 Å². The Labute approximate surface area is 185 Å². The summed E-state index contributed by atoms with van der Waals surface area (Å²) in [5, 5.41) is 11.6. The van der Waals surface area contributed by atoms with E-state index in [-0.39, 0.29) is 12.5 Å². The number of aromatic nitrogens is 4. The summed E-state index contributed by atoms with van der Waals surface area (Å²) < 4.78 is 18.2. The highest BCUT2D eigenvalue weighted by molar-refractivity contribution is 9.10. The topological polar surface area (TPSA) is 64.7 Å². The summed E-state index contributed by atoms with van der Waals surface area (Å²) in [6.45, 7) is 0.709. The zero-order chi connectivity index (χ0) is 21.1. The first-order valence-electron chi connectivity index (χ1n) is 9.02.